The maximum atomic E-state index is 12.4. The molecule has 1 unspecified atom stereocenters. The first-order chi connectivity index (χ1) is 9.49. The molecule has 2 heterocycles. The van der Waals surface area contributed by atoms with Gasteiger partial charge in [-0.3, -0.25) is 9.78 Å². The lowest BCUT2D eigenvalue weighted by molar-refractivity contribution is 0.0927. The molecule has 0 spiro atoms. The Bertz CT molecular complexity index is 593. The van der Waals surface area contributed by atoms with Crippen LogP contribution in [0, 0.1) is 12.8 Å². The average molecular weight is 289 g/mol. The van der Waals surface area contributed by atoms with Crippen LogP contribution in [0.1, 0.15) is 40.8 Å². The number of aromatic nitrogens is 1. The summed E-state index contributed by atoms with van der Waals surface area (Å²) in [6.45, 7) is 6.02. The number of nitrogen functional groups attached to an aromatic ring is 1. The molecular weight excluding hydrogens is 270 g/mol. The third-order valence-electron chi connectivity index (χ3n) is 3.12. The van der Waals surface area contributed by atoms with Crippen molar-refractivity contribution in [3.05, 3.63) is 45.9 Å². The van der Waals surface area contributed by atoms with Crippen molar-refractivity contribution in [1.29, 1.82) is 0 Å². The molecule has 0 aliphatic heterocycles. The summed E-state index contributed by atoms with van der Waals surface area (Å²) in [5.41, 5.74) is 7.59. The molecule has 3 N–H and O–H groups in total. The van der Waals surface area contributed by atoms with Gasteiger partial charge in [0.25, 0.3) is 5.91 Å². The second-order valence-electron chi connectivity index (χ2n) is 5.12. The standard InChI is InChI=1S/C15H19N3OS/c1-9(2)14(13-5-4-6-20-13)18-15(19)11-8-17-10(3)7-12(11)16/h4-9,14H,1-3H3,(H2,16,17)(H,18,19). The molecule has 106 valence electrons. The topological polar surface area (TPSA) is 68.0 Å². The van der Waals surface area contributed by atoms with E-state index in [2.05, 4.69) is 24.1 Å². The third kappa shape index (κ3) is 3.17. The summed E-state index contributed by atoms with van der Waals surface area (Å²) in [4.78, 5) is 17.6. The van der Waals surface area contributed by atoms with E-state index in [9.17, 15) is 4.79 Å². The number of thiophene rings is 1. The molecule has 2 rings (SSSR count). The van der Waals surface area contributed by atoms with Crippen molar-refractivity contribution < 1.29 is 4.79 Å². The third-order valence-corrected chi connectivity index (χ3v) is 4.08. The zero-order valence-electron chi connectivity index (χ0n) is 11.9. The van der Waals surface area contributed by atoms with Gasteiger partial charge in [-0.25, -0.2) is 0 Å². The summed E-state index contributed by atoms with van der Waals surface area (Å²) in [7, 11) is 0. The van der Waals surface area contributed by atoms with Crippen molar-refractivity contribution in [3.8, 4) is 0 Å². The molecule has 1 amide bonds. The number of hydrogen-bond donors (Lipinski definition) is 2. The first kappa shape index (κ1) is 14.5. The minimum atomic E-state index is -0.179. The first-order valence-electron chi connectivity index (χ1n) is 6.55. The van der Waals surface area contributed by atoms with Gasteiger partial charge in [0, 0.05) is 22.5 Å². The summed E-state index contributed by atoms with van der Waals surface area (Å²) in [5.74, 6) is 0.124. The van der Waals surface area contributed by atoms with Crippen LogP contribution in [-0.2, 0) is 0 Å². The number of nitrogens with two attached hydrogens (primary N) is 1. The quantitative estimate of drug-likeness (QED) is 0.908. The molecule has 0 saturated carbocycles. The molecule has 2 aromatic heterocycles. The number of rotatable bonds is 4. The number of pyridine rings is 1. The van der Waals surface area contributed by atoms with Crippen molar-refractivity contribution >= 4 is 22.9 Å². The van der Waals surface area contributed by atoms with E-state index >= 15 is 0 Å². The Morgan fingerprint density at radius 3 is 2.75 bits per heavy atom. The summed E-state index contributed by atoms with van der Waals surface area (Å²) in [6.07, 6.45) is 1.53. The lowest BCUT2D eigenvalue weighted by Gasteiger charge is -2.21. The smallest absolute Gasteiger partial charge is 0.255 e. The van der Waals surface area contributed by atoms with Gasteiger partial charge in [-0.2, -0.15) is 0 Å². The molecule has 0 aliphatic rings. The fourth-order valence-electron chi connectivity index (χ4n) is 2.02. The van der Waals surface area contributed by atoms with Gasteiger partial charge >= 0.3 is 0 Å². The van der Waals surface area contributed by atoms with Crippen LogP contribution in [0.3, 0.4) is 0 Å². The van der Waals surface area contributed by atoms with E-state index in [0.29, 0.717) is 17.2 Å². The average Bonchev–Trinajstić information content (AvgIpc) is 2.88. The molecule has 0 fully saturated rings. The molecule has 0 radical (unpaired) electrons. The minimum Gasteiger partial charge on any atom is -0.398 e. The largest absolute Gasteiger partial charge is 0.398 e. The SMILES string of the molecule is Cc1cc(N)c(C(=O)NC(c2cccs2)C(C)C)cn1. The highest BCUT2D eigenvalue weighted by Gasteiger charge is 2.21. The summed E-state index contributed by atoms with van der Waals surface area (Å²) in [5, 5.41) is 5.06. The molecule has 4 nitrogen and oxygen atoms in total. The van der Waals surface area contributed by atoms with Crippen LogP contribution < -0.4 is 11.1 Å². The number of nitrogens with zero attached hydrogens (tertiary/aromatic N) is 1. The van der Waals surface area contributed by atoms with E-state index in [1.54, 1.807) is 17.4 Å². The van der Waals surface area contributed by atoms with E-state index in [0.717, 1.165) is 10.6 Å². The van der Waals surface area contributed by atoms with Crippen LogP contribution in [0.15, 0.2) is 29.8 Å². The van der Waals surface area contributed by atoms with Crippen LogP contribution in [0.5, 0.6) is 0 Å². The summed E-state index contributed by atoms with van der Waals surface area (Å²) < 4.78 is 0. The lowest BCUT2D eigenvalue weighted by atomic mass is 10.0. The van der Waals surface area contributed by atoms with E-state index in [1.165, 1.54) is 6.20 Å². The molecule has 0 aromatic carbocycles. The molecule has 20 heavy (non-hydrogen) atoms. The van der Waals surface area contributed by atoms with Crippen LogP contribution in [0.2, 0.25) is 0 Å². The second kappa shape index (κ2) is 6.05. The maximum Gasteiger partial charge on any atom is 0.255 e. The van der Waals surface area contributed by atoms with Crippen molar-refractivity contribution in [2.24, 2.45) is 5.92 Å². The normalized spacial score (nSPS) is 12.4. The molecule has 0 saturated heterocycles. The Hall–Kier alpha value is -1.88. The molecule has 0 bridgehead atoms. The Morgan fingerprint density at radius 2 is 2.20 bits per heavy atom. The number of amides is 1. The monoisotopic (exact) mass is 289 g/mol. The van der Waals surface area contributed by atoms with Gasteiger partial charge in [0.2, 0.25) is 0 Å². The van der Waals surface area contributed by atoms with Gasteiger partial charge in [0.15, 0.2) is 0 Å². The molecular formula is C15H19N3OS. The van der Waals surface area contributed by atoms with E-state index in [-0.39, 0.29) is 11.9 Å². The Labute approximate surface area is 123 Å². The van der Waals surface area contributed by atoms with E-state index in [4.69, 9.17) is 5.73 Å². The summed E-state index contributed by atoms with van der Waals surface area (Å²) >= 11 is 1.64. The van der Waals surface area contributed by atoms with E-state index < -0.39 is 0 Å². The first-order valence-corrected chi connectivity index (χ1v) is 7.43. The second-order valence-corrected chi connectivity index (χ2v) is 6.10. The van der Waals surface area contributed by atoms with Crippen molar-refractivity contribution in [2.75, 3.05) is 5.73 Å². The number of nitrogens with one attached hydrogen (secondary N) is 1. The van der Waals surface area contributed by atoms with Gasteiger partial charge in [-0.1, -0.05) is 19.9 Å². The number of carbonyl (C=O) groups is 1. The van der Waals surface area contributed by atoms with Gasteiger partial charge in [-0.05, 0) is 30.4 Å². The highest BCUT2D eigenvalue weighted by atomic mass is 32.1. The molecule has 1 atom stereocenters. The van der Waals surface area contributed by atoms with Crippen LogP contribution >= 0.6 is 11.3 Å². The fraction of sp³-hybridized carbons (Fsp3) is 0.333. The van der Waals surface area contributed by atoms with Crippen LogP contribution in [-0.4, -0.2) is 10.9 Å². The van der Waals surface area contributed by atoms with Gasteiger partial charge in [0.1, 0.15) is 0 Å². The van der Waals surface area contributed by atoms with E-state index in [1.807, 2.05) is 24.4 Å². The Kier molecular flexibility index (Phi) is 4.39. The molecule has 0 aliphatic carbocycles. The van der Waals surface area contributed by atoms with Gasteiger partial charge < -0.3 is 11.1 Å². The van der Waals surface area contributed by atoms with Crippen molar-refractivity contribution in [3.63, 3.8) is 0 Å². The molecule has 2 aromatic rings. The van der Waals surface area contributed by atoms with Crippen LogP contribution in [0.25, 0.3) is 0 Å². The van der Waals surface area contributed by atoms with Gasteiger partial charge in [0.05, 0.1) is 11.6 Å². The maximum absolute atomic E-state index is 12.4. The minimum absolute atomic E-state index is 0.0109. The zero-order chi connectivity index (χ0) is 14.7. The van der Waals surface area contributed by atoms with Gasteiger partial charge in [-0.15, -0.1) is 11.3 Å². The Morgan fingerprint density at radius 1 is 1.45 bits per heavy atom. The van der Waals surface area contributed by atoms with Crippen LogP contribution in [0.4, 0.5) is 5.69 Å². The number of carbonyl (C=O) groups excluding carboxylic acids is 1. The number of aryl methyl sites for hydroxylation is 1. The zero-order valence-corrected chi connectivity index (χ0v) is 12.7. The highest BCUT2D eigenvalue weighted by Crippen LogP contribution is 2.26. The Balaban J connectivity index is 2.21. The van der Waals surface area contributed by atoms with Crippen molar-refractivity contribution in [2.45, 2.75) is 26.8 Å². The number of anilines is 1. The summed E-state index contributed by atoms with van der Waals surface area (Å²) in [6, 6.07) is 5.73. The van der Waals surface area contributed by atoms with Crippen molar-refractivity contribution in [1.82, 2.24) is 10.3 Å². The lowest BCUT2D eigenvalue weighted by Crippen LogP contribution is -2.31. The predicted octanol–water partition coefficient (Wildman–Crippen LogP) is 3.16. The molecule has 5 heteroatoms. The number of hydrogen-bond acceptors (Lipinski definition) is 4. The highest BCUT2D eigenvalue weighted by molar-refractivity contribution is 7.10. The predicted molar refractivity (Wildman–Crippen MR) is 82.8 cm³/mol. The fourth-order valence-corrected chi connectivity index (χ4v) is 2.97.